The standard InChI is InChI=1S/C27H32ClNO3/c1-3-31-15-16-32-26-13-11-23(12-14-26)22-9-7-21(8-10-22)17-20(2)29-19-27(30)24-5-4-6-25(28)18-24/h4-14,18,20,27,29-30H,3,15-17,19H2,1-2H3. The molecule has 0 aromatic heterocycles. The third-order valence-electron chi connectivity index (χ3n) is 5.28. The summed E-state index contributed by atoms with van der Waals surface area (Å²) in [5, 5.41) is 14.4. The Morgan fingerprint density at radius 1 is 0.938 bits per heavy atom. The van der Waals surface area contributed by atoms with E-state index in [9.17, 15) is 5.11 Å². The van der Waals surface area contributed by atoms with Crippen LogP contribution in [0.15, 0.2) is 72.8 Å². The summed E-state index contributed by atoms with van der Waals surface area (Å²) in [6.07, 6.45) is 0.305. The average Bonchev–Trinajstić information content (AvgIpc) is 2.81. The van der Waals surface area contributed by atoms with Crippen LogP contribution in [0.25, 0.3) is 11.1 Å². The molecule has 0 fully saturated rings. The fourth-order valence-corrected chi connectivity index (χ4v) is 3.71. The zero-order chi connectivity index (χ0) is 22.8. The minimum atomic E-state index is -0.579. The Morgan fingerprint density at radius 3 is 2.28 bits per heavy atom. The predicted molar refractivity (Wildman–Crippen MR) is 131 cm³/mol. The Hall–Kier alpha value is -2.37. The highest BCUT2D eigenvalue weighted by Gasteiger charge is 2.10. The zero-order valence-electron chi connectivity index (χ0n) is 18.8. The summed E-state index contributed by atoms with van der Waals surface area (Å²) >= 11 is 6.01. The van der Waals surface area contributed by atoms with Gasteiger partial charge < -0.3 is 19.9 Å². The summed E-state index contributed by atoms with van der Waals surface area (Å²) in [6.45, 7) is 6.46. The predicted octanol–water partition coefficient (Wildman–Crippen LogP) is 5.68. The number of halogens is 1. The molecule has 5 heteroatoms. The minimum Gasteiger partial charge on any atom is -0.491 e. The van der Waals surface area contributed by atoms with Crippen molar-refractivity contribution in [2.24, 2.45) is 0 Å². The topological polar surface area (TPSA) is 50.7 Å². The third-order valence-corrected chi connectivity index (χ3v) is 5.51. The van der Waals surface area contributed by atoms with E-state index in [2.05, 4.69) is 48.6 Å². The summed E-state index contributed by atoms with van der Waals surface area (Å²) in [7, 11) is 0. The lowest BCUT2D eigenvalue weighted by Gasteiger charge is -2.18. The molecule has 0 spiro atoms. The van der Waals surface area contributed by atoms with Gasteiger partial charge in [-0.3, -0.25) is 0 Å². The Kier molecular flexibility index (Phi) is 9.57. The quantitative estimate of drug-likeness (QED) is 0.346. The first-order valence-corrected chi connectivity index (χ1v) is 11.5. The summed E-state index contributed by atoms with van der Waals surface area (Å²) in [6, 6.07) is 24.3. The molecular weight excluding hydrogens is 422 g/mol. The molecule has 0 radical (unpaired) electrons. The summed E-state index contributed by atoms with van der Waals surface area (Å²) < 4.78 is 11.0. The van der Waals surface area contributed by atoms with Gasteiger partial charge in [-0.25, -0.2) is 0 Å². The molecule has 0 bridgehead atoms. The molecule has 2 atom stereocenters. The van der Waals surface area contributed by atoms with Gasteiger partial charge in [0.1, 0.15) is 12.4 Å². The van der Waals surface area contributed by atoms with E-state index in [1.807, 2.05) is 37.3 Å². The molecule has 0 aliphatic carbocycles. The number of nitrogens with one attached hydrogen (secondary N) is 1. The smallest absolute Gasteiger partial charge is 0.119 e. The number of hydrogen-bond acceptors (Lipinski definition) is 4. The van der Waals surface area contributed by atoms with E-state index in [4.69, 9.17) is 21.1 Å². The zero-order valence-corrected chi connectivity index (χ0v) is 19.5. The lowest BCUT2D eigenvalue weighted by atomic mass is 10.0. The number of aliphatic hydroxyl groups excluding tert-OH is 1. The molecule has 32 heavy (non-hydrogen) atoms. The van der Waals surface area contributed by atoms with E-state index >= 15 is 0 Å². The summed E-state index contributed by atoms with van der Waals surface area (Å²) in [5.74, 6) is 0.852. The van der Waals surface area contributed by atoms with Gasteiger partial charge in [0.15, 0.2) is 0 Å². The number of ether oxygens (including phenoxy) is 2. The summed E-state index contributed by atoms with van der Waals surface area (Å²) in [5.41, 5.74) is 4.41. The second kappa shape index (κ2) is 12.6. The second-order valence-corrected chi connectivity index (χ2v) is 8.29. The molecule has 0 heterocycles. The average molecular weight is 454 g/mol. The van der Waals surface area contributed by atoms with Crippen molar-refractivity contribution in [3.63, 3.8) is 0 Å². The Balaban J connectivity index is 1.47. The first-order chi connectivity index (χ1) is 15.5. The van der Waals surface area contributed by atoms with Gasteiger partial charge in [0.05, 0.1) is 12.7 Å². The molecule has 0 aliphatic rings. The third kappa shape index (κ3) is 7.64. The highest BCUT2D eigenvalue weighted by molar-refractivity contribution is 6.30. The highest BCUT2D eigenvalue weighted by Crippen LogP contribution is 2.23. The van der Waals surface area contributed by atoms with E-state index in [0.29, 0.717) is 31.4 Å². The first-order valence-electron chi connectivity index (χ1n) is 11.1. The van der Waals surface area contributed by atoms with Gasteiger partial charge in [-0.2, -0.15) is 0 Å². The fourth-order valence-electron chi connectivity index (χ4n) is 3.51. The van der Waals surface area contributed by atoms with Crippen LogP contribution in [0.2, 0.25) is 5.02 Å². The van der Waals surface area contributed by atoms with Crippen molar-refractivity contribution in [1.82, 2.24) is 5.32 Å². The molecule has 0 aliphatic heterocycles. The van der Waals surface area contributed by atoms with Gasteiger partial charge in [0.2, 0.25) is 0 Å². The maximum Gasteiger partial charge on any atom is 0.119 e. The van der Waals surface area contributed by atoms with Gasteiger partial charge in [0, 0.05) is 24.2 Å². The molecule has 3 aromatic rings. The Labute approximate surface area is 196 Å². The van der Waals surface area contributed by atoms with Crippen LogP contribution in [-0.2, 0) is 11.2 Å². The van der Waals surface area contributed by atoms with Crippen LogP contribution in [0, 0.1) is 0 Å². The van der Waals surface area contributed by atoms with E-state index in [1.54, 1.807) is 6.07 Å². The Bertz CT molecular complexity index is 944. The van der Waals surface area contributed by atoms with Gasteiger partial charge >= 0.3 is 0 Å². The maximum absolute atomic E-state index is 10.4. The van der Waals surface area contributed by atoms with Gasteiger partial charge in [-0.15, -0.1) is 0 Å². The van der Waals surface area contributed by atoms with E-state index in [0.717, 1.165) is 23.3 Å². The van der Waals surface area contributed by atoms with Gasteiger partial charge in [-0.1, -0.05) is 60.1 Å². The lowest BCUT2D eigenvalue weighted by Crippen LogP contribution is -2.32. The maximum atomic E-state index is 10.4. The summed E-state index contributed by atoms with van der Waals surface area (Å²) in [4.78, 5) is 0. The van der Waals surface area contributed by atoms with Crippen LogP contribution in [0.5, 0.6) is 5.75 Å². The van der Waals surface area contributed by atoms with E-state index < -0.39 is 6.10 Å². The molecule has 2 unspecified atom stereocenters. The highest BCUT2D eigenvalue weighted by atomic mass is 35.5. The van der Waals surface area contributed by atoms with Crippen LogP contribution >= 0.6 is 11.6 Å². The second-order valence-electron chi connectivity index (χ2n) is 7.85. The fraction of sp³-hybridized carbons (Fsp3) is 0.333. The van der Waals surface area contributed by atoms with Crippen molar-refractivity contribution < 1.29 is 14.6 Å². The van der Waals surface area contributed by atoms with E-state index in [1.165, 1.54) is 11.1 Å². The van der Waals surface area contributed by atoms with Gasteiger partial charge in [0.25, 0.3) is 0 Å². The normalized spacial score (nSPS) is 13.0. The molecule has 0 amide bonds. The molecule has 3 rings (SSSR count). The first kappa shape index (κ1) is 24.3. The number of rotatable bonds is 12. The van der Waals surface area contributed by atoms with Crippen molar-refractivity contribution in [1.29, 1.82) is 0 Å². The lowest BCUT2D eigenvalue weighted by molar-refractivity contribution is 0.110. The molecule has 3 aromatic carbocycles. The van der Waals surface area contributed by atoms with Crippen LogP contribution in [-0.4, -0.2) is 37.5 Å². The molecule has 0 saturated heterocycles. The number of hydrogen-bond donors (Lipinski definition) is 2. The van der Waals surface area contributed by atoms with Crippen molar-refractivity contribution >= 4 is 11.6 Å². The Morgan fingerprint density at radius 2 is 1.62 bits per heavy atom. The van der Waals surface area contributed by atoms with Crippen LogP contribution < -0.4 is 10.1 Å². The number of aliphatic hydroxyl groups is 1. The largest absolute Gasteiger partial charge is 0.491 e. The van der Waals surface area contributed by atoms with Crippen LogP contribution in [0.3, 0.4) is 0 Å². The number of benzene rings is 3. The van der Waals surface area contributed by atoms with Crippen molar-refractivity contribution in [2.45, 2.75) is 32.4 Å². The molecule has 2 N–H and O–H groups in total. The van der Waals surface area contributed by atoms with Crippen molar-refractivity contribution in [3.8, 4) is 16.9 Å². The minimum absolute atomic E-state index is 0.239. The molecular formula is C27H32ClNO3. The molecule has 0 saturated carbocycles. The SMILES string of the molecule is CCOCCOc1ccc(-c2ccc(CC(C)NCC(O)c3cccc(Cl)c3)cc2)cc1. The van der Waals surface area contributed by atoms with Crippen LogP contribution in [0.4, 0.5) is 0 Å². The monoisotopic (exact) mass is 453 g/mol. The van der Waals surface area contributed by atoms with Crippen LogP contribution in [0.1, 0.15) is 31.1 Å². The van der Waals surface area contributed by atoms with Crippen molar-refractivity contribution in [2.75, 3.05) is 26.4 Å². The van der Waals surface area contributed by atoms with Crippen molar-refractivity contribution in [3.05, 3.63) is 88.9 Å². The molecule has 4 nitrogen and oxygen atoms in total. The molecule has 170 valence electrons. The van der Waals surface area contributed by atoms with Gasteiger partial charge in [-0.05, 0) is 66.8 Å². The van der Waals surface area contributed by atoms with E-state index in [-0.39, 0.29) is 6.04 Å².